The van der Waals surface area contributed by atoms with Crippen molar-refractivity contribution in [3.8, 4) is 5.75 Å². The van der Waals surface area contributed by atoms with Crippen molar-refractivity contribution in [3.05, 3.63) is 29.6 Å². The molecule has 0 fully saturated rings. The zero-order chi connectivity index (χ0) is 10.1. The summed E-state index contributed by atoms with van der Waals surface area (Å²) in [7, 11) is -4.65. The summed E-state index contributed by atoms with van der Waals surface area (Å²) in [4.78, 5) is 0. The molecule has 0 spiro atoms. The minimum absolute atomic E-state index is 0.520. The Morgan fingerprint density at radius 1 is 1.46 bits per heavy atom. The zero-order valence-corrected chi connectivity index (χ0v) is 7.51. The fourth-order valence-electron chi connectivity index (χ4n) is 0.787. The highest BCUT2D eigenvalue weighted by atomic mass is 32.3. The molecule has 0 aromatic heterocycles. The minimum atomic E-state index is -4.65. The molecule has 0 amide bonds. The van der Waals surface area contributed by atoms with Crippen LogP contribution in [0.5, 0.6) is 5.75 Å². The monoisotopic (exact) mass is 206 g/mol. The highest BCUT2D eigenvalue weighted by molar-refractivity contribution is 7.81. The molecule has 0 aliphatic heterocycles. The predicted octanol–water partition coefficient (Wildman–Crippen LogP) is 1.32. The normalized spacial score (nSPS) is 11.3. The Bertz CT molecular complexity index is 413. The minimum Gasteiger partial charge on any atom is -0.359 e. The second-order valence-corrected chi connectivity index (χ2v) is 3.47. The van der Waals surface area contributed by atoms with Gasteiger partial charge in [0.05, 0.1) is 0 Å². The summed E-state index contributed by atoms with van der Waals surface area (Å²) < 4.78 is 45.5. The van der Waals surface area contributed by atoms with Gasteiger partial charge < -0.3 is 4.18 Å². The van der Waals surface area contributed by atoms with Crippen molar-refractivity contribution in [2.45, 2.75) is 6.92 Å². The van der Waals surface area contributed by atoms with Crippen LogP contribution in [0.2, 0.25) is 0 Å². The van der Waals surface area contributed by atoms with Crippen LogP contribution < -0.4 is 4.18 Å². The molecule has 4 nitrogen and oxygen atoms in total. The first-order valence-electron chi connectivity index (χ1n) is 3.31. The van der Waals surface area contributed by atoms with Crippen LogP contribution in [0.25, 0.3) is 0 Å². The molecule has 72 valence electrons. The van der Waals surface area contributed by atoms with Gasteiger partial charge in [-0.1, -0.05) is 6.07 Å². The van der Waals surface area contributed by atoms with Gasteiger partial charge in [-0.3, -0.25) is 4.55 Å². The highest BCUT2D eigenvalue weighted by Crippen LogP contribution is 2.18. The van der Waals surface area contributed by atoms with Crippen molar-refractivity contribution in [1.29, 1.82) is 0 Å². The van der Waals surface area contributed by atoms with E-state index >= 15 is 0 Å². The molecule has 0 radical (unpaired) electrons. The van der Waals surface area contributed by atoms with Crippen molar-refractivity contribution >= 4 is 10.4 Å². The van der Waals surface area contributed by atoms with Gasteiger partial charge in [0.1, 0.15) is 0 Å². The summed E-state index contributed by atoms with van der Waals surface area (Å²) >= 11 is 0. The van der Waals surface area contributed by atoms with Crippen molar-refractivity contribution < 1.29 is 21.5 Å². The molecular weight excluding hydrogens is 199 g/mol. The summed E-state index contributed by atoms with van der Waals surface area (Å²) in [6.07, 6.45) is 0. The van der Waals surface area contributed by atoms with Gasteiger partial charge in [-0.15, -0.1) is 0 Å². The maximum Gasteiger partial charge on any atom is 0.446 e. The molecule has 0 saturated carbocycles. The molecule has 0 heterocycles. The third-order valence-electron chi connectivity index (χ3n) is 1.28. The molecule has 0 saturated heterocycles. The van der Waals surface area contributed by atoms with Crippen molar-refractivity contribution in [1.82, 2.24) is 0 Å². The van der Waals surface area contributed by atoms with Crippen LogP contribution in [0.4, 0.5) is 4.39 Å². The SMILES string of the molecule is Cc1ccc(OS(=O)(=O)O)c(F)c1. The third kappa shape index (κ3) is 3.00. The van der Waals surface area contributed by atoms with Gasteiger partial charge >= 0.3 is 10.4 Å². The first-order valence-corrected chi connectivity index (χ1v) is 4.68. The van der Waals surface area contributed by atoms with Crippen LogP contribution in [-0.2, 0) is 10.4 Å². The summed E-state index contributed by atoms with van der Waals surface area (Å²) in [5, 5.41) is 0. The molecule has 13 heavy (non-hydrogen) atoms. The molecule has 1 aromatic carbocycles. The summed E-state index contributed by atoms with van der Waals surface area (Å²) in [6.45, 7) is 1.64. The summed E-state index contributed by atoms with van der Waals surface area (Å²) in [5.74, 6) is -1.36. The Kier molecular flexibility index (Phi) is 2.53. The second kappa shape index (κ2) is 3.31. The van der Waals surface area contributed by atoms with Gasteiger partial charge in [-0.2, -0.15) is 8.42 Å². The molecule has 0 atom stereocenters. The second-order valence-electron chi connectivity index (χ2n) is 2.44. The van der Waals surface area contributed by atoms with Gasteiger partial charge in [0, 0.05) is 0 Å². The van der Waals surface area contributed by atoms with Gasteiger partial charge in [-0.05, 0) is 24.6 Å². The van der Waals surface area contributed by atoms with E-state index in [2.05, 4.69) is 4.18 Å². The van der Waals surface area contributed by atoms with Crippen LogP contribution in [0.3, 0.4) is 0 Å². The maximum absolute atomic E-state index is 12.9. The van der Waals surface area contributed by atoms with Crippen molar-refractivity contribution in [3.63, 3.8) is 0 Å². The number of hydrogen-bond acceptors (Lipinski definition) is 3. The van der Waals surface area contributed by atoms with E-state index in [1.165, 1.54) is 6.07 Å². The van der Waals surface area contributed by atoms with Crippen LogP contribution in [0, 0.1) is 12.7 Å². The van der Waals surface area contributed by atoms with Crippen LogP contribution in [0.1, 0.15) is 5.56 Å². The Balaban J connectivity index is 3.04. The van der Waals surface area contributed by atoms with Gasteiger partial charge in [0.2, 0.25) is 0 Å². The van der Waals surface area contributed by atoms with E-state index in [1.807, 2.05) is 0 Å². The van der Waals surface area contributed by atoms with E-state index in [1.54, 1.807) is 6.92 Å². The molecule has 1 aromatic rings. The summed E-state index contributed by atoms with van der Waals surface area (Å²) in [5.41, 5.74) is 0.625. The Hall–Kier alpha value is -1.14. The fraction of sp³-hybridized carbons (Fsp3) is 0.143. The van der Waals surface area contributed by atoms with Crippen LogP contribution in [0.15, 0.2) is 18.2 Å². The van der Waals surface area contributed by atoms with Crippen molar-refractivity contribution in [2.75, 3.05) is 0 Å². The lowest BCUT2D eigenvalue weighted by Crippen LogP contribution is -2.07. The zero-order valence-electron chi connectivity index (χ0n) is 6.69. The number of benzene rings is 1. The lowest BCUT2D eigenvalue weighted by Gasteiger charge is -2.02. The first-order chi connectivity index (χ1) is 5.88. The average Bonchev–Trinajstić information content (AvgIpc) is 1.93. The number of halogens is 1. The molecule has 0 unspecified atom stereocenters. The predicted molar refractivity (Wildman–Crippen MR) is 43.3 cm³/mol. The summed E-state index contributed by atoms with van der Waals surface area (Å²) in [6, 6.07) is 3.68. The fourth-order valence-corrected chi connectivity index (χ4v) is 1.15. The lowest BCUT2D eigenvalue weighted by atomic mass is 10.2. The molecule has 0 aliphatic rings. The highest BCUT2D eigenvalue weighted by Gasteiger charge is 2.11. The van der Waals surface area contributed by atoms with Gasteiger partial charge in [-0.25, -0.2) is 4.39 Å². The molecule has 0 bridgehead atoms. The quantitative estimate of drug-likeness (QED) is 0.741. The van der Waals surface area contributed by atoms with Crippen molar-refractivity contribution in [2.24, 2.45) is 0 Å². The van der Waals surface area contributed by atoms with Crippen LogP contribution >= 0.6 is 0 Å². The molecule has 1 N–H and O–H groups in total. The van der Waals surface area contributed by atoms with E-state index < -0.39 is 22.0 Å². The topological polar surface area (TPSA) is 63.6 Å². The van der Waals surface area contributed by atoms with Crippen LogP contribution in [-0.4, -0.2) is 13.0 Å². The first kappa shape index (κ1) is 9.94. The smallest absolute Gasteiger partial charge is 0.359 e. The maximum atomic E-state index is 12.9. The average molecular weight is 206 g/mol. The van der Waals surface area contributed by atoms with E-state index in [9.17, 15) is 12.8 Å². The lowest BCUT2D eigenvalue weighted by molar-refractivity contribution is 0.376. The molecule has 0 aliphatic carbocycles. The Morgan fingerprint density at radius 3 is 2.54 bits per heavy atom. The third-order valence-corrected chi connectivity index (χ3v) is 1.67. The van der Waals surface area contributed by atoms with E-state index in [0.29, 0.717) is 5.56 Å². The van der Waals surface area contributed by atoms with E-state index in [4.69, 9.17) is 4.55 Å². The number of rotatable bonds is 2. The largest absolute Gasteiger partial charge is 0.446 e. The molecule has 1 rings (SSSR count). The Morgan fingerprint density at radius 2 is 2.08 bits per heavy atom. The standard InChI is InChI=1S/C7H7FO4S/c1-5-2-3-7(6(8)4-5)12-13(9,10)11/h2-4H,1H3,(H,9,10,11). The Labute approximate surface area is 74.9 Å². The molecular formula is C7H7FO4S. The van der Waals surface area contributed by atoms with E-state index in [0.717, 1.165) is 12.1 Å². The van der Waals surface area contributed by atoms with Gasteiger partial charge in [0.25, 0.3) is 0 Å². The number of hydrogen-bond donors (Lipinski definition) is 1. The number of aryl methyl sites for hydroxylation is 1. The molecule has 6 heteroatoms. The van der Waals surface area contributed by atoms with E-state index in [-0.39, 0.29) is 0 Å². The van der Waals surface area contributed by atoms with Gasteiger partial charge in [0.15, 0.2) is 11.6 Å².